The highest BCUT2D eigenvalue weighted by molar-refractivity contribution is 6.09. The van der Waals surface area contributed by atoms with E-state index in [2.05, 4.69) is 12.2 Å². The minimum absolute atomic E-state index is 0.0220. The van der Waals surface area contributed by atoms with Crippen molar-refractivity contribution < 1.29 is 9.59 Å². The third-order valence-electron chi connectivity index (χ3n) is 4.38. The molecule has 0 aromatic heterocycles. The average Bonchev–Trinajstić information content (AvgIpc) is 2.69. The first-order chi connectivity index (χ1) is 11.2. The molecule has 23 heavy (non-hydrogen) atoms. The molecule has 0 spiro atoms. The SMILES string of the molecule is CCCCCCCCCCN1C(=O)CNC(=O)c2ccccc21. The van der Waals surface area contributed by atoms with Gasteiger partial charge in [-0.15, -0.1) is 0 Å². The van der Waals surface area contributed by atoms with Gasteiger partial charge in [-0.1, -0.05) is 64.0 Å². The fraction of sp³-hybridized carbons (Fsp3) is 0.579. The molecular weight excluding hydrogens is 288 g/mol. The van der Waals surface area contributed by atoms with E-state index in [1.807, 2.05) is 18.2 Å². The number of fused-ring (bicyclic) bond motifs is 1. The smallest absolute Gasteiger partial charge is 0.253 e. The summed E-state index contributed by atoms with van der Waals surface area (Å²) in [5, 5.41) is 2.68. The summed E-state index contributed by atoms with van der Waals surface area (Å²) >= 11 is 0. The molecule has 1 heterocycles. The highest BCUT2D eigenvalue weighted by atomic mass is 16.2. The third-order valence-corrected chi connectivity index (χ3v) is 4.38. The van der Waals surface area contributed by atoms with E-state index in [9.17, 15) is 9.59 Å². The van der Waals surface area contributed by atoms with Crippen LogP contribution in [-0.4, -0.2) is 24.9 Å². The molecule has 2 amide bonds. The van der Waals surface area contributed by atoms with Crippen LogP contribution < -0.4 is 10.2 Å². The van der Waals surface area contributed by atoms with Crippen molar-refractivity contribution in [3.8, 4) is 0 Å². The molecule has 4 nitrogen and oxygen atoms in total. The van der Waals surface area contributed by atoms with Gasteiger partial charge in [0.15, 0.2) is 0 Å². The number of amides is 2. The first-order valence-electron chi connectivity index (χ1n) is 8.91. The Kier molecular flexibility index (Phi) is 7.11. The zero-order valence-corrected chi connectivity index (χ0v) is 14.1. The minimum atomic E-state index is -0.160. The van der Waals surface area contributed by atoms with Gasteiger partial charge in [0.1, 0.15) is 0 Å². The lowest BCUT2D eigenvalue weighted by molar-refractivity contribution is -0.117. The highest BCUT2D eigenvalue weighted by Crippen LogP contribution is 2.23. The number of para-hydroxylation sites is 1. The summed E-state index contributed by atoms with van der Waals surface area (Å²) in [5.74, 6) is -0.182. The lowest BCUT2D eigenvalue weighted by Gasteiger charge is -2.22. The topological polar surface area (TPSA) is 49.4 Å². The normalized spacial score (nSPS) is 14.4. The number of hydrogen-bond donors (Lipinski definition) is 1. The largest absolute Gasteiger partial charge is 0.343 e. The lowest BCUT2D eigenvalue weighted by atomic mass is 10.1. The summed E-state index contributed by atoms with van der Waals surface area (Å²) in [6, 6.07) is 7.36. The Morgan fingerprint density at radius 1 is 0.957 bits per heavy atom. The van der Waals surface area contributed by atoms with Crippen molar-refractivity contribution in [3.63, 3.8) is 0 Å². The van der Waals surface area contributed by atoms with E-state index in [1.165, 1.54) is 38.5 Å². The molecule has 4 heteroatoms. The van der Waals surface area contributed by atoms with Gasteiger partial charge >= 0.3 is 0 Å². The Bertz CT molecular complexity index is 528. The van der Waals surface area contributed by atoms with Gasteiger partial charge < -0.3 is 10.2 Å². The second-order valence-electron chi connectivity index (χ2n) is 6.22. The first kappa shape index (κ1) is 17.5. The molecular formula is C19H28N2O2. The van der Waals surface area contributed by atoms with Crippen molar-refractivity contribution in [2.45, 2.75) is 58.3 Å². The van der Waals surface area contributed by atoms with Crippen LogP contribution in [0.4, 0.5) is 5.69 Å². The van der Waals surface area contributed by atoms with Crippen LogP contribution >= 0.6 is 0 Å². The molecule has 1 aromatic rings. The van der Waals surface area contributed by atoms with Gasteiger partial charge in [-0.25, -0.2) is 0 Å². The molecule has 0 radical (unpaired) electrons. The number of carbonyl (C=O) groups is 2. The Morgan fingerprint density at radius 2 is 1.61 bits per heavy atom. The van der Waals surface area contributed by atoms with Crippen molar-refractivity contribution in [3.05, 3.63) is 29.8 Å². The van der Waals surface area contributed by atoms with Crippen LogP contribution in [0.15, 0.2) is 24.3 Å². The monoisotopic (exact) mass is 316 g/mol. The summed E-state index contributed by atoms with van der Waals surface area (Å²) in [4.78, 5) is 26.0. The molecule has 0 fully saturated rings. The number of nitrogens with one attached hydrogen (secondary N) is 1. The number of rotatable bonds is 9. The zero-order chi connectivity index (χ0) is 16.5. The maximum absolute atomic E-state index is 12.3. The fourth-order valence-corrected chi connectivity index (χ4v) is 3.03. The molecule has 1 N–H and O–H groups in total. The molecule has 0 unspecified atom stereocenters. The molecule has 1 aromatic carbocycles. The fourth-order valence-electron chi connectivity index (χ4n) is 3.03. The van der Waals surface area contributed by atoms with Crippen LogP contribution in [0, 0.1) is 0 Å². The van der Waals surface area contributed by atoms with E-state index in [-0.39, 0.29) is 18.4 Å². The van der Waals surface area contributed by atoms with Gasteiger partial charge in [0, 0.05) is 6.54 Å². The van der Waals surface area contributed by atoms with Crippen LogP contribution in [0.1, 0.15) is 68.6 Å². The van der Waals surface area contributed by atoms with E-state index in [4.69, 9.17) is 0 Å². The van der Waals surface area contributed by atoms with Crippen LogP contribution in [0.2, 0.25) is 0 Å². The lowest BCUT2D eigenvalue weighted by Crippen LogP contribution is -2.37. The standard InChI is InChI=1S/C19H28N2O2/c1-2-3-4-5-6-7-8-11-14-21-17-13-10-9-12-16(17)19(23)20-15-18(21)22/h9-10,12-13H,2-8,11,14-15H2,1H3,(H,20,23). The maximum Gasteiger partial charge on any atom is 0.253 e. The van der Waals surface area contributed by atoms with Gasteiger partial charge in [-0.3, -0.25) is 9.59 Å². The molecule has 0 saturated carbocycles. The van der Waals surface area contributed by atoms with Crippen LogP contribution in [0.3, 0.4) is 0 Å². The van der Waals surface area contributed by atoms with E-state index < -0.39 is 0 Å². The average molecular weight is 316 g/mol. The van der Waals surface area contributed by atoms with Crippen molar-refractivity contribution in [1.29, 1.82) is 0 Å². The van der Waals surface area contributed by atoms with Crippen molar-refractivity contribution in [1.82, 2.24) is 5.32 Å². The molecule has 2 rings (SSSR count). The zero-order valence-electron chi connectivity index (χ0n) is 14.1. The van der Waals surface area contributed by atoms with Gasteiger partial charge in [-0.05, 0) is 18.6 Å². The second-order valence-corrected chi connectivity index (χ2v) is 6.22. The number of carbonyl (C=O) groups excluding carboxylic acids is 2. The number of unbranched alkanes of at least 4 members (excludes halogenated alkanes) is 7. The first-order valence-corrected chi connectivity index (χ1v) is 8.91. The van der Waals surface area contributed by atoms with Crippen LogP contribution in [0.25, 0.3) is 0 Å². The van der Waals surface area contributed by atoms with E-state index in [0.717, 1.165) is 18.5 Å². The molecule has 0 aliphatic carbocycles. The van der Waals surface area contributed by atoms with E-state index >= 15 is 0 Å². The summed E-state index contributed by atoms with van der Waals surface area (Å²) in [6.45, 7) is 3.01. The van der Waals surface area contributed by atoms with E-state index in [0.29, 0.717) is 12.1 Å². The van der Waals surface area contributed by atoms with Crippen LogP contribution in [-0.2, 0) is 4.79 Å². The molecule has 126 valence electrons. The Morgan fingerprint density at radius 3 is 2.35 bits per heavy atom. The highest BCUT2D eigenvalue weighted by Gasteiger charge is 2.25. The number of benzene rings is 1. The minimum Gasteiger partial charge on any atom is -0.343 e. The number of anilines is 1. The predicted octanol–water partition coefficient (Wildman–Crippen LogP) is 3.90. The van der Waals surface area contributed by atoms with Gasteiger partial charge in [0.25, 0.3) is 5.91 Å². The Hall–Kier alpha value is -1.84. The molecule has 0 bridgehead atoms. The summed E-state index contributed by atoms with van der Waals surface area (Å²) in [7, 11) is 0. The Balaban J connectivity index is 1.83. The number of hydrogen-bond acceptors (Lipinski definition) is 2. The van der Waals surface area contributed by atoms with Gasteiger partial charge in [-0.2, -0.15) is 0 Å². The summed E-state index contributed by atoms with van der Waals surface area (Å²) in [6.07, 6.45) is 9.90. The summed E-state index contributed by atoms with van der Waals surface area (Å²) < 4.78 is 0. The molecule has 1 aliphatic heterocycles. The molecule has 0 atom stereocenters. The third kappa shape index (κ3) is 5.08. The van der Waals surface area contributed by atoms with Crippen LogP contribution in [0.5, 0.6) is 0 Å². The van der Waals surface area contributed by atoms with Gasteiger partial charge in [0.05, 0.1) is 17.8 Å². The van der Waals surface area contributed by atoms with Crippen molar-refractivity contribution >= 4 is 17.5 Å². The molecule has 1 aliphatic rings. The van der Waals surface area contributed by atoms with Crippen molar-refractivity contribution in [2.75, 3.05) is 18.0 Å². The van der Waals surface area contributed by atoms with Gasteiger partial charge in [0.2, 0.25) is 5.91 Å². The van der Waals surface area contributed by atoms with Crippen molar-refractivity contribution in [2.24, 2.45) is 0 Å². The predicted molar refractivity (Wildman–Crippen MR) is 93.7 cm³/mol. The Labute approximate surface area is 139 Å². The summed E-state index contributed by atoms with van der Waals surface area (Å²) in [5.41, 5.74) is 1.34. The quantitative estimate of drug-likeness (QED) is 0.702. The molecule has 0 saturated heterocycles. The second kappa shape index (κ2) is 9.33. The van der Waals surface area contributed by atoms with E-state index in [1.54, 1.807) is 11.0 Å². The maximum atomic E-state index is 12.3. The number of nitrogens with zero attached hydrogens (tertiary/aromatic N) is 1.